The van der Waals surface area contributed by atoms with E-state index in [1.807, 2.05) is 51.1 Å². The van der Waals surface area contributed by atoms with Gasteiger partial charge >= 0.3 is 0 Å². The van der Waals surface area contributed by atoms with Gasteiger partial charge in [0.05, 0.1) is 11.4 Å². The van der Waals surface area contributed by atoms with Gasteiger partial charge in [0, 0.05) is 5.54 Å². The molecule has 0 spiro atoms. The van der Waals surface area contributed by atoms with Crippen molar-refractivity contribution < 1.29 is 9.09 Å². The molecule has 0 aliphatic heterocycles. The number of hydrogen-bond donors (Lipinski definition) is 1. The van der Waals surface area contributed by atoms with Crippen LogP contribution in [0.1, 0.15) is 60.8 Å². The van der Waals surface area contributed by atoms with Crippen LogP contribution < -0.4 is 10.4 Å². The molecule has 0 amide bonds. The molecule has 1 aliphatic carbocycles. The SMILES string of the molecule is CC(C)[C@H]1CC[C@@H](C)C[C@H]1O[P@](=O)(NC(C)(C)C)c1ccccc1. The van der Waals surface area contributed by atoms with Crippen LogP contribution in [-0.4, -0.2) is 11.6 Å². The van der Waals surface area contributed by atoms with Crippen molar-refractivity contribution in [3.63, 3.8) is 0 Å². The average molecular weight is 351 g/mol. The lowest BCUT2D eigenvalue weighted by atomic mass is 9.75. The summed E-state index contributed by atoms with van der Waals surface area (Å²) in [5.41, 5.74) is -0.279. The van der Waals surface area contributed by atoms with Crippen LogP contribution in [-0.2, 0) is 9.09 Å². The lowest BCUT2D eigenvalue weighted by Gasteiger charge is -2.40. The summed E-state index contributed by atoms with van der Waals surface area (Å²) in [6.07, 6.45) is 3.44. The van der Waals surface area contributed by atoms with E-state index in [2.05, 4.69) is 25.9 Å². The van der Waals surface area contributed by atoms with E-state index >= 15 is 0 Å². The van der Waals surface area contributed by atoms with Crippen LogP contribution in [0.3, 0.4) is 0 Å². The van der Waals surface area contributed by atoms with Crippen LogP contribution >= 0.6 is 7.52 Å². The zero-order chi connectivity index (χ0) is 18.0. The molecule has 0 heterocycles. The maximum Gasteiger partial charge on any atom is 0.300 e. The van der Waals surface area contributed by atoms with Gasteiger partial charge in [-0.2, -0.15) is 0 Å². The van der Waals surface area contributed by atoms with Gasteiger partial charge in [0.15, 0.2) is 0 Å². The fourth-order valence-corrected chi connectivity index (χ4v) is 6.02. The van der Waals surface area contributed by atoms with E-state index in [4.69, 9.17) is 4.52 Å². The molecule has 3 nitrogen and oxygen atoms in total. The third-order valence-corrected chi connectivity index (χ3v) is 7.33. The molecular formula is C20H34NO2P. The number of rotatable bonds is 5. The molecule has 0 unspecified atom stereocenters. The molecule has 2 rings (SSSR count). The van der Waals surface area contributed by atoms with Gasteiger partial charge in [-0.25, -0.2) is 5.09 Å². The fourth-order valence-electron chi connectivity index (χ4n) is 3.64. The molecule has 1 aliphatic rings. The van der Waals surface area contributed by atoms with E-state index in [-0.39, 0.29) is 11.6 Å². The Bertz CT molecular complexity index is 565. The van der Waals surface area contributed by atoms with Crippen LogP contribution in [0.4, 0.5) is 0 Å². The molecule has 1 N–H and O–H groups in total. The summed E-state index contributed by atoms with van der Waals surface area (Å²) in [5, 5.41) is 4.07. The first-order valence-electron chi connectivity index (χ1n) is 9.24. The summed E-state index contributed by atoms with van der Waals surface area (Å²) in [6.45, 7) is 12.9. The van der Waals surface area contributed by atoms with Crippen LogP contribution in [0.5, 0.6) is 0 Å². The van der Waals surface area contributed by atoms with Crippen molar-refractivity contribution in [1.82, 2.24) is 5.09 Å². The first-order valence-corrected chi connectivity index (χ1v) is 10.9. The minimum absolute atomic E-state index is 0.0506. The Morgan fingerprint density at radius 1 is 1.17 bits per heavy atom. The largest absolute Gasteiger partial charge is 0.311 e. The number of benzene rings is 1. The number of hydrogen-bond acceptors (Lipinski definition) is 2. The maximum atomic E-state index is 13.8. The molecule has 136 valence electrons. The van der Waals surface area contributed by atoms with Crippen molar-refractivity contribution in [2.75, 3.05) is 0 Å². The number of nitrogens with one attached hydrogen (secondary N) is 1. The van der Waals surface area contributed by atoms with E-state index in [1.54, 1.807) is 0 Å². The van der Waals surface area contributed by atoms with E-state index in [0.29, 0.717) is 17.8 Å². The van der Waals surface area contributed by atoms with Gasteiger partial charge in [0.25, 0.3) is 7.52 Å². The summed E-state index contributed by atoms with van der Waals surface area (Å²) < 4.78 is 20.3. The lowest BCUT2D eigenvalue weighted by Crippen LogP contribution is -2.41. The van der Waals surface area contributed by atoms with Crippen molar-refractivity contribution >= 4 is 12.8 Å². The molecule has 0 saturated heterocycles. The van der Waals surface area contributed by atoms with Crippen LogP contribution in [0, 0.1) is 17.8 Å². The summed E-state index contributed by atoms with van der Waals surface area (Å²) in [7, 11) is -3.12. The van der Waals surface area contributed by atoms with Crippen molar-refractivity contribution in [2.45, 2.75) is 72.4 Å². The van der Waals surface area contributed by atoms with Crippen molar-refractivity contribution in [3.8, 4) is 0 Å². The van der Waals surface area contributed by atoms with Crippen LogP contribution in [0.2, 0.25) is 0 Å². The van der Waals surface area contributed by atoms with Crippen LogP contribution in [0.15, 0.2) is 30.3 Å². The van der Waals surface area contributed by atoms with Crippen molar-refractivity contribution in [2.24, 2.45) is 17.8 Å². The van der Waals surface area contributed by atoms with Gasteiger partial charge in [0.1, 0.15) is 0 Å². The molecular weight excluding hydrogens is 317 g/mol. The summed E-state index contributed by atoms with van der Waals surface area (Å²) in [4.78, 5) is 0. The second-order valence-corrected chi connectivity index (χ2v) is 10.8. The highest BCUT2D eigenvalue weighted by Crippen LogP contribution is 2.49. The highest BCUT2D eigenvalue weighted by atomic mass is 31.2. The summed E-state index contributed by atoms with van der Waals surface area (Å²) in [5.74, 6) is 1.64. The Morgan fingerprint density at radius 3 is 2.33 bits per heavy atom. The topological polar surface area (TPSA) is 38.3 Å². The Morgan fingerprint density at radius 2 is 1.79 bits per heavy atom. The summed E-state index contributed by atoms with van der Waals surface area (Å²) in [6, 6.07) is 9.63. The van der Waals surface area contributed by atoms with Crippen molar-refractivity contribution in [3.05, 3.63) is 30.3 Å². The first-order chi connectivity index (χ1) is 11.1. The minimum atomic E-state index is -3.12. The zero-order valence-corrected chi connectivity index (χ0v) is 17.0. The zero-order valence-electron chi connectivity index (χ0n) is 16.1. The van der Waals surface area contributed by atoms with E-state index in [9.17, 15) is 4.57 Å². The van der Waals surface area contributed by atoms with Gasteiger partial charge in [-0.3, -0.25) is 4.57 Å². The molecule has 0 bridgehead atoms. The van der Waals surface area contributed by atoms with E-state index in [0.717, 1.165) is 18.1 Å². The summed E-state index contributed by atoms with van der Waals surface area (Å²) >= 11 is 0. The molecule has 0 radical (unpaired) electrons. The first kappa shape index (κ1) is 19.7. The highest BCUT2D eigenvalue weighted by molar-refractivity contribution is 7.65. The Labute approximate surface area is 148 Å². The smallest absolute Gasteiger partial charge is 0.300 e. The van der Waals surface area contributed by atoms with E-state index in [1.165, 1.54) is 6.42 Å². The Kier molecular flexibility index (Phi) is 6.34. The maximum absolute atomic E-state index is 13.8. The molecule has 4 atom stereocenters. The van der Waals surface area contributed by atoms with Gasteiger partial charge in [0.2, 0.25) is 0 Å². The van der Waals surface area contributed by atoms with Crippen molar-refractivity contribution in [1.29, 1.82) is 0 Å². The minimum Gasteiger partial charge on any atom is -0.311 e. The highest BCUT2D eigenvalue weighted by Gasteiger charge is 2.39. The van der Waals surface area contributed by atoms with E-state index < -0.39 is 7.52 Å². The quantitative estimate of drug-likeness (QED) is 0.725. The Hall–Kier alpha value is -0.630. The monoisotopic (exact) mass is 351 g/mol. The molecule has 0 aromatic heterocycles. The lowest BCUT2D eigenvalue weighted by molar-refractivity contribution is 0.0474. The van der Waals surface area contributed by atoms with Gasteiger partial charge < -0.3 is 4.52 Å². The average Bonchev–Trinajstić information content (AvgIpc) is 2.46. The third-order valence-electron chi connectivity index (χ3n) is 4.82. The fraction of sp³-hybridized carbons (Fsp3) is 0.700. The third kappa shape index (κ3) is 5.18. The van der Waals surface area contributed by atoms with Gasteiger partial charge in [-0.1, -0.05) is 45.4 Å². The predicted molar refractivity (Wildman–Crippen MR) is 103 cm³/mol. The second kappa shape index (κ2) is 7.72. The molecule has 1 fully saturated rings. The molecule has 24 heavy (non-hydrogen) atoms. The predicted octanol–water partition coefficient (Wildman–Crippen LogP) is 5.37. The molecule has 1 saturated carbocycles. The standard InChI is InChI=1S/C20H34NO2P/c1-15(2)18-13-12-16(3)14-19(18)23-24(22,21-20(4,5)6)17-10-8-7-9-11-17/h7-11,15-16,18-19H,12-14H2,1-6H3,(H,21,22)/t16-,18-,19-,24+/m1/s1. The van der Waals surface area contributed by atoms with Crippen LogP contribution in [0.25, 0.3) is 0 Å². The molecule has 1 aromatic carbocycles. The van der Waals surface area contributed by atoms with Gasteiger partial charge in [-0.15, -0.1) is 0 Å². The Balaban J connectivity index is 2.32. The molecule has 4 heteroatoms. The van der Waals surface area contributed by atoms with Gasteiger partial charge in [-0.05, 0) is 63.5 Å². The second-order valence-electron chi connectivity index (χ2n) is 8.72. The normalized spacial score (nSPS) is 27.9. The molecule has 1 aromatic rings.